The average Bonchev–Trinajstić information content (AvgIpc) is 2.74. The number of carbonyl (C=O) groups is 1. The highest BCUT2D eigenvalue weighted by Crippen LogP contribution is 2.22. The molecule has 2 unspecified atom stereocenters. The summed E-state index contributed by atoms with van der Waals surface area (Å²) in [5.74, 6) is 0.0737. The summed E-state index contributed by atoms with van der Waals surface area (Å²) in [5, 5.41) is 12.6. The van der Waals surface area contributed by atoms with E-state index in [9.17, 15) is 9.90 Å². The molecule has 0 aromatic heterocycles. The van der Waals surface area contributed by atoms with E-state index in [1.165, 1.54) is 19.3 Å². The molecule has 0 amide bonds. The van der Waals surface area contributed by atoms with Crippen LogP contribution in [0.3, 0.4) is 0 Å². The third-order valence-electron chi connectivity index (χ3n) is 4.07. The Morgan fingerprint density at radius 2 is 2.21 bits per heavy atom. The quantitative estimate of drug-likeness (QED) is 0.711. The van der Waals surface area contributed by atoms with Crippen molar-refractivity contribution in [3.05, 3.63) is 0 Å². The summed E-state index contributed by atoms with van der Waals surface area (Å²) in [6.07, 6.45) is 4.49. The van der Waals surface area contributed by atoms with Crippen LogP contribution in [0.15, 0.2) is 0 Å². The van der Waals surface area contributed by atoms with E-state index in [-0.39, 0.29) is 6.04 Å². The van der Waals surface area contributed by atoms with Crippen molar-refractivity contribution >= 4 is 5.97 Å². The molecule has 0 spiro atoms. The fourth-order valence-electron chi connectivity index (χ4n) is 3.02. The maximum Gasteiger partial charge on any atom is 0.323 e. The molecule has 1 aliphatic rings. The number of hydrogen-bond donors (Lipinski definition) is 2. The van der Waals surface area contributed by atoms with Crippen molar-refractivity contribution in [3.63, 3.8) is 0 Å². The normalized spacial score (nSPS) is 23.7. The minimum Gasteiger partial charge on any atom is -0.480 e. The summed E-state index contributed by atoms with van der Waals surface area (Å²) in [4.78, 5) is 13.9. The molecule has 1 fully saturated rings. The van der Waals surface area contributed by atoms with Crippen LogP contribution < -0.4 is 5.32 Å². The first-order chi connectivity index (χ1) is 8.87. The van der Waals surface area contributed by atoms with Gasteiger partial charge in [0.15, 0.2) is 0 Å². The molecule has 4 heteroatoms. The van der Waals surface area contributed by atoms with Gasteiger partial charge in [0.25, 0.3) is 0 Å². The highest BCUT2D eigenvalue weighted by atomic mass is 16.4. The number of rotatable bonds is 8. The summed E-state index contributed by atoms with van der Waals surface area (Å²) in [7, 11) is 0. The number of nitrogens with zero attached hydrogens (tertiary/aromatic N) is 1. The minimum atomic E-state index is -0.809. The standard InChI is InChI=1S/C15H30N2O2/c1-5-6-13-7-9-17(11-13)10-8-15(4,14(18)19)16-12(2)3/h12-13,16H,5-11H2,1-4H3,(H,18,19). The van der Waals surface area contributed by atoms with Gasteiger partial charge in [-0.05, 0) is 52.5 Å². The molecule has 1 aliphatic heterocycles. The number of nitrogens with one attached hydrogen (secondary N) is 1. The van der Waals surface area contributed by atoms with Gasteiger partial charge in [-0.2, -0.15) is 0 Å². The van der Waals surface area contributed by atoms with E-state index in [2.05, 4.69) is 17.1 Å². The molecule has 0 saturated carbocycles. The van der Waals surface area contributed by atoms with Crippen molar-refractivity contribution in [2.24, 2.45) is 5.92 Å². The van der Waals surface area contributed by atoms with Gasteiger partial charge in [-0.3, -0.25) is 10.1 Å². The van der Waals surface area contributed by atoms with Crippen molar-refractivity contribution in [1.29, 1.82) is 0 Å². The van der Waals surface area contributed by atoms with Gasteiger partial charge >= 0.3 is 5.97 Å². The Labute approximate surface area is 117 Å². The van der Waals surface area contributed by atoms with Gasteiger partial charge in [-0.15, -0.1) is 0 Å². The molecule has 0 aliphatic carbocycles. The van der Waals surface area contributed by atoms with Gasteiger partial charge in [0.2, 0.25) is 0 Å². The molecule has 2 atom stereocenters. The maximum atomic E-state index is 11.4. The summed E-state index contributed by atoms with van der Waals surface area (Å²) in [5.41, 5.74) is -0.809. The van der Waals surface area contributed by atoms with E-state index in [4.69, 9.17) is 0 Å². The van der Waals surface area contributed by atoms with E-state index in [1.807, 2.05) is 13.8 Å². The third kappa shape index (κ3) is 5.11. The Balaban J connectivity index is 2.43. The molecule has 1 heterocycles. The Kier molecular flexibility index (Phi) is 6.27. The van der Waals surface area contributed by atoms with E-state index < -0.39 is 11.5 Å². The molecular weight excluding hydrogens is 240 g/mol. The summed E-state index contributed by atoms with van der Waals surface area (Å²) in [6, 6.07) is 0.188. The van der Waals surface area contributed by atoms with Crippen molar-refractivity contribution < 1.29 is 9.90 Å². The second kappa shape index (κ2) is 7.25. The highest BCUT2D eigenvalue weighted by molar-refractivity contribution is 5.78. The summed E-state index contributed by atoms with van der Waals surface area (Å²) >= 11 is 0. The molecular formula is C15H30N2O2. The Morgan fingerprint density at radius 1 is 1.53 bits per heavy atom. The lowest BCUT2D eigenvalue weighted by Gasteiger charge is -2.30. The van der Waals surface area contributed by atoms with Gasteiger partial charge in [0, 0.05) is 19.1 Å². The Bertz CT molecular complexity index is 294. The number of likely N-dealkylation sites (tertiary alicyclic amines) is 1. The first kappa shape index (κ1) is 16.4. The number of aliphatic carboxylic acids is 1. The van der Waals surface area contributed by atoms with Crippen molar-refractivity contribution in [2.45, 2.75) is 65.0 Å². The van der Waals surface area contributed by atoms with Crippen LogP contribution in [0.4, 0.5) is 0 Å². The predicted molar refractivity (Wildman–Crippen MR) is 78.4 cm³/mol. The van der Waals surface area contributed by atoms with Gasteiger partial charge in [0.05, 0.1) is 0 Å². The first-order valence-corrected chi connectivity index (χ1v) is 7.61. The van der Waals surface area contributed by atoms with Gasteiger partial charge in [0.1, 0.15) is 5.54 Å². The predicted octanol–water partition coefficient (Wildman–Crippen LogP) is 2.34. The van der Waals surface area contributed by atoms with Crippen molar-refractivity contribution in [3.8, 4) is 0 Å². The molecule has 1 saturated heterocycles. The lowest BCUT2D eigenvalue weighted by Crippen LogP contribution is -2.53. The lowest BCUT2D eigenvalue weighted by molar-refractivity contribution is -0.144. The smallest absolute Gasteiger partial charge is 0.323 e. The second-order valence-electron chi connectivity index (χ2n) is 6.43. The Morgan fingerprint density at radius 3 is 2.74 bits per heavy atom. The zero-order valence-electron chi connectivity index (χ0n) is 12.9. The molecule has 112 valence electrons. The topological polar surface area (TPSA) is 52.6 Å². The van der Waals surface area contributed by atoms with Crippen LogP contribution in [-0.2, 0) is 4.79 Å². The van der Waals surface area contributed by atoms with Crippen molar-refractivity contribution in [2.75, 3.05) is 19.6 Å². The molecule has 1 rings (SSSR count). The first-order valence-electron chi connectivity index (χ1n) is 7.61. The van der Waals surface area contributed by atoms with Crippen LogP contribution in [0.1, 0.15) is 53.4 Å². The van der Waals surface area contributed by atoms with Crippen LogP contribution in [0, 0.1) is 5.92 Å². The van der Waals surface area contributed by atoms with Crippen LogP contribution in [0.2, 0.25) is 0 Å². The lowest BCUT2D eigenvalue weighted by atomic mass is 9.96. The van der Waals surface area contributed by atoms with E-state index >= 15 is 0 Å². The van der Waals surface area contributed by atoms with E-state index in [0.717, 1.165) is 25.6 Å². The third-order valence-corrected chi connectivity index (χ3v) is 4.07. The van der Waals surface area contributed by atoms with Gasteiger partial charge < -0.3 is 10.0 Å². The molecule has 2 N–H and O–H groups in total. The van der Waals surface area contributed by atoms with Crippen LogP contribution in [-0.4, -0.2) is 47.2 Å². The molecule has 19 heavy (non-hydrogen) atoms. The van der Waals surface area contributed by atoms with Crippen molar-refractivity contribution in [1.82, 2.24) is 10.2 Å². The zero-order valence-corrected chi connectivity index (χ0v) is 12.9. The van der Waals surface area contributed by atoms with Crippen LogP contribution >= 0.6 is 0 Å². The molecule has 4 nitrogen and oxygen atoms in total. The summed E-state index contributed by atoms with van der Waals surface area (Å²) < 4.78 is 0. The molecule has 0 aromatic rings. The zero-order chi connectivity index (χ0) is 14.5. The number of hydrogen-bond acceptors (Lipinski definition) is 3. The highest BCUT2D eigenvalue weighted by Gasteiger charge is 2.34. The fourth-order valence-corrected chi connectivity index (χ4v) is 3.02. The fraction of sp³-hybridized carbons (Fsp3) is 0.933. The SMILES string of the molecule is CCCC1CCN(CCC(C)(NC(C)C)C(=O)O)C1. The monoisotopic (exact) mass is 270 g/mol. The maximum absolute atomic E-state index is 11.4. The van der Waals surface area contributed by atoms with Gasteiger partial charge in [-0.1, -0.05) is 13.3 Å². The Hall–Kier alpha value is -0.610. The van der Waals surface area contributed by atoms with E-state index in [0.29, 0.717) is 6.42 Å². The average molecular weight is 270 g/mol. The summed E-state index contributed by atoms with van der Waals surface area (Å²) in [6.45, 7) is 11.2. The molecule has 0 aromatic carbocycles. The van der Waals surface area contributed by atoms with Gasteiger partial charge in [-0.25, -0.2) is 0 Å². The molecule has 0 radical (unpaired) electrons. The number of carboxylic acids is 1. The largest absolute Gasteiger partial charge is 0.480 e. The van der Waals surface area contributed by atoms with E-state index in [1.54, 1.807) is 6.92 Å². The minimum absolute atomic E-state index is 0.188. The molecule has 0 bridgehead atoms. The van der Waals surface area contributed by atoms with Crippen LogP contribution in [0.5, 0.6) is 0 Å². The second-order valence-corrected chi connectivity index (χ2v) is 6.43. The number of carboxylic acid groups (broad SMARTS) is 1. The van der Waals surface area contributed by atoms with Crippen LogP contribution in [0.25, 0.3) is 0 Å².